The molecule has 1 saturated heterocycles. The molecule has 0 unspecified atom stereocenters. The Morgan fingerprint density at radius 1 is 1.08 bits per heavy atom. The zero-order valence-corrected chi connectivity index (χ0v) is 14.1. The lowest BCUT2D eigenvalue weighted by molar-refractivity contribution is -0.127. The van der Waals surface area contributed by atoms with E-state index in [-0.39, 0.29) is 11.7 Å². The highest BCUT2D eigenvalue weighted by molar-refractivity contribution is 5.91. The number of aromatic nitrogens is 1. The van der Waals surface area contributed by atoms with Gasteiger partial charge in [-0.05, 0) is 35.9 Å². The van der Waals surface area contributed by atoms with Crippen LogP contribution in [0.1, 0.15) is 11.3 Å². The van der Waals surface area contributed by atoms with Crippen LogP contribution < -0.4 is 0 Å². The second kappa shape index (κ2) is 8.53. The first-order valence-corrected chi connectivity index (χ1v) is 8.55. The largest absolute Gasteiger partial charge is 0.337 e. The van der Waals surface area contributed by atoms with Crippen LogP contribution in [0, 0.1) is 5.82 Å². The summed E-state index contributed by atoms with van der Waals surface area (Å²) in [5.41, 5.74) is 1.92. The number of hydrogen-bond acceptors (Lipinski definition) is 3. The Kier molecular flexibility index (Phi) is 5.90. The normalized spacial score (nSPS) is 15.6. The van der Waals surface area contributed by atoms with Gasteiger partial charge in [0.25, 0.3) is 0 Å². The zero-order chi connectivity index (χ0) is 17.5. The fourth-order valence-electron chi connectivity index (χ4n) is 2.86. The molecule has 1 amide bonds. The van der Waals surface area contributed by atoms with Gasteiger partial charge in [0, 0.05) is 57.1 Å². The quantitative estimate of drug-likeness (QED) is 0.786. The van der Waals surface area contributed by atoms with Gasteiger partial charge in [0.2, 0.25) is 5.91 Å². The van der Waals surface area contributed by atoms with E-state index in [9.17, 15) is 9.18 Å². The van der Waals surface area contributed by atoms with Crippen LogP contribution in [-0.4, -0.2) is 53.4 Å². The molecule has 0 atom stereocenters. The molecule has 0 radical (unpaired) electrons. The Morgan fingerprint density at radius 2 is 1.84 bits per heavy atom. The first-order chi connectivity index (χ1) is 12.2. The van der Waals surface area contributed by atoms with Crippen molar-refractivity contribution in [3.05, 3.63) is 71.8 Å². The van der Waals surface area contributed by atoms with E-state index in [1.165, 1.54) is 12.1 Å². The van der Waals surface area contributed by atoms with Crippen LogP contribution in [0.4, 0.5) is 4.39 Å². The van der Waals surface area contributed by atoms with Crippen molar-refractivity contribution >= 4 is 12.0 Å². The maximum Gasteiger partial charge on any atom is 0.246 e. The third kappa shape index (κ3) is 5.22. The summed E-state index contributed by atoms with van der Waals surface area (Å²) in [7, 11) is 0. The predicted octanol–water partition coefficient (Wildman–Crippen LogP) is 2.62. The first kappa shape index (κ1) is 17.3. The number of piperazine rings is 1. The van der Waals surface area contributed by atoms with Crippen molar-refractivity contribution in [3.63, 3.8) is 0 Å². The van der Waals surface area contributed by atoms with Gasteiger partial charge in [-0.2, -0.15) is 0 Å². The Hall–Kier alpha value is -2.53. The highest BCUT2D eigenvalue weighted by Gasteiger charge is 2.19. The van der Waals surface area contributed by atoms with Crippen LogP contribution >= 0.6 is 0 Å². The lowest BCUT2D eigenvalue weighted by Gasteiger charge is -2.34. The number of halogens is 1. The number of amides is 1. The molecule has 0 bridgehead atoms. The van der Waals surface area contributed by atoms with E-state index in [2.05, 4.69) is 9.88 Å². The van der Waals surface area contributed by atoms with Crippen molar-refractivity contribution in [2.24, 2.45) is 0 Å². The Morgan fingerprint density at radius 3 is 2.52 bits per heavy atom. The van der Waals surface area contributed by atoms with E-state index in [1.807, 2.05) is 29.3 Å². The Bertz CT molecular complexity index is 707. The number of benzene rings is 1. The minimum atomic E-state index is -0.273. The topological polar surface area (TPSA) is 36.4 Å². The van der Waals surface area contributed by atoms with Crippen LogP contribution in [0.2, 0.25) is 0 Å². The fraction of sp³-hybridized carbons (Fsp3) is 0.300. The monoisotopic (exact) mass is 339 g/mol. The molecule has 0 spiro atoms. The van der Waals surface area contributed by atoms with Crippen molar-refractivity contribution in [2.75, 3.05) is 32.7 Å². The van der Waals surface area contributed by atoms with E-state index in [0.717, 1.165) is 50.4 Å². The third-order valence-corrected chi connectivity index (χ3v) is 4.38. The van der Waals surface area contributed by atoms with Gasteiger partial charge in [0.05, 0.1) is 0 Å². The third-order valence-electron chi connectivity index (χ3n) is 4.38. The molecule has 1 fully saturated rings. The van der Waals surface area contributed by atoms with E-state index in [0.29, 0.717) is 0 Å². The molecule has 1 aliphatic rings. The average Bonchev–Trinajstić information content (AvgIpc) is 2.67. The Balaban J connectivity index is 1.43. The van der Waals surface area contributed by atoms with E-state index in [1.54, 1.807) is 24.3 Å². The second-order valence-electron chi connectivity index (χ2n) is 6.12. The summed E-state index contributed by atoms with van der Waals surface area (Å²) in [6.45, 7) is 4.18. The molecule has 2 aromatic rings. The number of carbonyl (C=O) groups excluding carboxylic acids is 1. The minimum Gasteiger partial charge on any atom is -0.337 e. The number of nitrogens with zero attached hydrogens (tertiary/aromatic N) is 3. The predicted molar refractivity (Wildman–Crippen MR) is 96.4 cm³/mol. The maximum atomic E-state index is 12.9. The fourth-order valence-corrected chi connectivity index (χ4v) is 2.86. The molecule has 25 heavy (non-hydrogen) atoms. The second-order valence-corrected chi connectivity index (χ2v) is 6.12. The number of hydrogen-bond donors (Lipinski definition) is 0. The zero-order valence-electron chi connectivity index (χ0n) is 14.1. The molecule has 0 N–H and O–H groups in total. The molecule has 2 heterocycles. The molecule has 1 aromatic carbocycles. The summed E-state index contributed by atoms with van der Waals surface area (Å²) in [5.74, 6) is -0.265. The van der Waals surface area contributed by atoms with Gasteiger partial charge in [0.15, 0.2) is 0 Å². The van der Waals surface area contributed by atoms with Crippen LogP contribution in [0.15, 0.2) is 54.7 Å². The molecule has 0 aliphatic carbocycles. The lowest BCUT2D eigenvalue weighted by Crippen LogP contribution is -2.48. The maximum absolute atomic E-state index is 12.9. The van der Waals surface area contributed by atoms with Gasteiger partial charge >= 0.3 is 0 Å². The molecule has 130 valence electrons. The Labute approximate surface area is 147 Å². The smallest absolute Gasteiger partial charge is 0.246 e. The summed E-state index contributed by atoms with van der Waals surface area (Å²) in [6.07, 6.45) is 6.05. The minimum absolute atomic E-state index is 0.00806. The van der Waals surface area contributed by atoms with Crippen molar-refractivity contribution in [2.45, 2.75) is 6.42 Å². The van der Waals surface area contributed by atoms with E-state index >= 15 is 0 Å². The number of pyridine rings is 1. The highest BCUT2D eigenvalue weighted by atomic mass is 19.1. The lowest BCUT2D eigenvalue weighted by atomic mass is 10.2. The summed E-state index contributed by atoms with van der Waals surface area (Å²) in [5, 5.41) is 0. The number of carbonyl (C=O) groups is 1. The van der Waals surface area contributed by atoms with Gasteiger partial charge in [0.1, 0.15) is 5.82 Å². The van der Waals surface area contributed by atoms with E-state index < -0.39 is 0 Å². The summed E-state index contributed by atoms with van der Waals surface area (Å²) < 4.78 is 12.9. The summed E-state index contributed by atoms with van der Waals surface area (Å²) in [6, 6.07) is 12.1. The van der Waals surface area contributed by atoms with Gasteiger partial charge in [-0.15, -0.1) is 0 Å². The van der Waals surface area contributed by atoms with Crippen LogP contribution in [-0.2, 0) is 11.2 Å². The van der Waals surface area contributed by atoms with Gasteiger partial charge in [-0.3, -0.25) is 14.7 Å². The van der Waals surface area contributed by atoms with Gasteiger partial charge < -0.3 is 4.90 Å². The number of rotatable bonds is 5. The van der Waals surface area contributed by atoms with Gasteiger partial charge in [-0.25, -0.2) is 4.39 Å². The molecular formula is C20H22FN3O. The van der Waals surface area contributed by atoms with Crippen molar-refractivity contribution in [1.82, 2.24) is 14.8 Å². The van der Waals surface area contributed by atoms with Crippen LogP contribution in [0.3, 0.4) is 0 Å². The van der Waals surface area contributed by atoms with Crippen molar-refractivity contribution < 1.29 is 9.18 Å². The first-order valence-electron chi connectivity index (χ1n) is 8.55. The molecule has 3 rings (SSSR count). The standard InChI is InChI=1S/C20H22FN3O/c21-18-7-4-17(5-8-18)6-9-20(25)24-15-13-23(14-16-24)12-10-19-3-1-2-11-22-19/h1-9,11H,10,12-16H2. The van der Waals surface area contributed by atoms with Crippen LogP contribution in [0.25, 0.3) is 6.08 Å². The van der Waals surface area contributed by atoms with Gasteiger partial charge in [-0.1, -0.05) is 18.2 Å². The molecule has 1 aliphatic heterocycles. The van der Waals surface area contributed by atoms with Crippen molar-refractivity contribution in [1.29, 1.82) is 0 Å². The van der Waals surface area contributed by atoms with E-state index in [4.69, 9.17) is 0 Å². The van der Waals surface area contributed by atoms with Crippen molar-refractivity contribution in [3.8, 4) is 0 Å². The molecule has 4 nitrogen and oxygen atoms in total. The van der Waals surface area contributed by atoms with Crippen LogP contribution in [0.5, 0.6) is 0 Å². The molecule has 1 aromatic heterocycles. The highest BCUT2D eigenvalue weighted by Crippen LogP contribution is 2.08. The molecule has 0 saturated carbocycles. The molecular weight excluding hydrogens is 317 g/mol. The summed E-state index contributed by atoms with van der Waals surface area (Å²) >= 11 is 0. The average molecular weight is 339 g/mol. The summed E-state index contributed by atoms with van der Waals surface area (Å²) in [4.78, 5) is 20.8. The SMILES string of the molecule is O=C(C=Cc1ccc(F)cc1)N1CCN(CCc2ccccn2)CC1. The molecule has 5 heteroatoms.